The van der Waals surface area contributed by atoms with Crippen molar-refractivity contribution in [3.05, 3.63) is 35.7 Å². The lowest BCUT2D eigenvalue weighted by molar-refractivity contribution is 0.247. The molecule has 1 atom stereocenters. The van der Waals surface area contributed by atoms with Gasteiger partial charge in [-0.1, -0.05) is 0 Å². The summed E-state index contributed by atoms with van der Waals surface area (Å²) in [4.78, 5) is 12.4. The van der Waals surface area contributed by atoms with Crippen LogP contribution in [0.5, 0.6) is 11.5 Å². The van der Waals surface area contributed by atoms with Gasteiger partial charge in [0.1, 0.15) is 0 Å². The first-order chi connectivity index (χ1) is 12.2. The summed E-state index contributed by atoms with van der Waals surface area (Å²) in [7, 11) is 1.94. The molecule has 0 saturated heterocycles. The molecule has 1 aliphatic heterocycles. The van der Waals surface area contributed by atoms with E-state index in [1.54, 1.807) is 6.07 Å². The fraction of sp³-hybridized carbons (Fsp3) is 0.444. The Labute approximate surface area is 146 Å². The van der Waals surface area contributed by atoms with E-state index in [4.69, 9.17) is 9.47 Å². The van der Waals surface area contributed by atoms with Crippen LogP contribution in [0.25, 0.3) is 0 Å². The van der Waals surface area contributed by atoms with Crippen LogP contribution in [0.1, 0.15) is 36.6 Å². The predicted octanol–water partition coefficient (Wildman–Crippen LogP) is 2.78. The number of urea groups is 1. The predicted molar refractivity (Wildman–Crippen MR) is 93.1 cm³/mol. The number of rotatable bonds is 2. The number of anilines is 1. The molecule has 2 N–H and O–H groups in total. The Hall–Kier alpha value is -2.70. The average molecular weight is 342 g/mol. The Kier molecular flexibility index (Phi) is 4.21. The Morgan fingerprint density at radius 1 is 1.24 bits per heavy atom. The summed E-state index contributed by atoms with van der Waals surface area (Å²) in [5.74, 6) is 1.39. The fourth-order valence-corrected chi connectivity index (χ4v) is 3.42. The zero-order valence-electron chi connectivity index (χ0n) is 14.2. The second-order valence-corrected chi connectivity index (χ2v) is 6.43. The molecule has 1 unspecified atom stereocenters. The lowest BCUT2D eigenvalue weighted by atomic mass is 9.93. The Bertz CT molecular complexity index is 787. The van der Waals surface area contributed by atoms with E-state index < -0.39 is 0 Å². The molecule has 2 aliphatic rings. The van der Waals surface area contributed by atoms with Gasteiger partial charge in [0, 0.05) is 36.5 Å². The van der Waals surface area contributed by atoms with Gasteiger partial charge in [0.05, 0.1) is 25.5 Å². The van der Waals surface area contributed by atoms with Crippen LogP contribution in [0.3, 0.4) is 0 Å². The highest BCUT2D eigenvalue weighted by atomic mass is 16.5. The Balaban J connectivity index is 1.44. The van der Waals surface area contributed by atoms with Crippen LogP contribution < -0.4 is 20.1 Å². The molecular formula is C18H22N4O3. The standard InChI is InChI=1S/C18H22N4O3/c1-22-15-5-2-4-14(13(15)11-19-22)21-18(23)20-12-6-7-16-17(10-12)25-9-3-8-24-16/h6-7,10-11,14H,2-5,8-9H2,1H3,(H2,20,21,23). The number of amides is 2. The van der Waals surface area contributed by atoms with E-state index in [1.165, 1.54) is 5.69 Å². The van der Waals surface area contributed by atoms with E-state index >= 15 is 0 Å². The summed E-state index contributed by atoms with van der Waals surface area (Å²) >= 11 is 0. The Morgan fingerprint density at radius 3 is 2.96 bits per heavy atom. The largest absolute Gasteiger partial charge is 0.490 e. The smallest absolute Gasteiger partial charge is 0.319 e. The number of carbonyl (C=O) groups is 1. The first-order valence-electron chi connectivity index (χ1n) is 8.68. The van der Waals surface area contributed by atoms with E-state index in [9.17, 15) is 4.79 Å². The van der Waals surface area contributed by atoms with Crippen LogP contribution in [0.2, 0.25) is 0 Å². The van der Waals surface area contributed by atoms with Crippen LogP contribution in [0.15, 0.2) is 24.4 Å². The molecule has 7 heteroatoms. The highest BCUT2D eigenvalue weighted by Gasteiger charge is 2.24. The molecule has 0 bridgehead atoms. The third-order valence-electron chi connectivity index (χ3n) is 4.69. The number of hydrogen-bond acceptors (Lipinski definition) is 4. The van der Waals surface area contributed by atoms with Crippen molar-refractivity contribution in [2.75, 3.05) is 18.5 Å². The average Bonchev–Trinajstić information content (AvgIpc) is 2.84. The van der Waals surface area contributed by atoms with E-state index in [2.05, 4.69) is 15.7 Å². The summed E-state index contributed by atoms with van der Waals surface area (Å²) in [6.45, 7) is 1.27. The molecule has 0 spiro atoms. The number of aryl methyl sites for hydroxylation is 1. The van der Waals surface area contributed by atoms with E-state index in [0.29, 0.717) is 24.7 Å². The van der Waals surface area contributed by atoms with Gasteiger partial charge in [-0.15, -0.1) is 0 Å². The molecule has 1 aromatic carbocycles. The lowest BCUT2D eigenvalue weighted by Gasteiger charge is -2.24. The van der Waals surface area contributed by atoms with Gasteiger partial charge in [-0.25, -0.2) is 4.79 Å². The van der Waals surface area contributed by atoms with Gasteiger partial charge >= 0.3 is 6.03 Å². The minimum atomic E-state index is -0.226. The lowest BCUT2D eigenvalue weighted by Crippen LogP contribution is -2.34. The van der Waals surface area contributed by atoms with Crippen LogP contribution in [-0.4, -0.2) is 29.0 Å². The van der Waals surface area contributed by atoms with E-state index in [-0.39, 0.29) is 12.1 Å². The van der Waals surface area contributed by atoms with Gasteiger partial charge in [0.2, 0.25) is 0 Å². The van der Waals surface area contributed by atoms with Gasteiger partial charge in [0.15, 0.2) is 11.5 Å². The number of carbonyl (C=O) groups excluding carboxylic acids is 1. The summed E-state index contributed by atoms with van der Waals surface area (Å²) in [6, 6.07) is 5.23. The van der Waals surface area contributed by atoms with Gasteiger partial charge in [-0.05, 0) is 31.4 Å². The highest BCUT2D eigenvalue weighted by molar-refractivity contribution is 5.90. The number of nitrogens with zero attached hydrogens (tertiary/aromatic N) is 2. The molecular weight excluding hydrogens is 320 g/mol. The van der Waals surface area contributed by atoms with Crippen LogP contribution in [-0.2, 0) is 13.5 Å². The second kappa shape index (κ2) is 6.66. The van der Waals surface area contributed by atoms with Crippen LogP contribution >= 0.6 is 0 Å². The minimum absolute atomic E-state index is 0.00198. The number of hydrogen-bond donors (Lipinski definition) is 2. The third kappa shape index (κ3) is 3.26. The van der Waals surface area contributed by atoms with Crippen molar-refractivity contribution in [3.63, 3.8) is 0 Å². The first-order valence-corrected chi connectivity index (χ1v) is 8.68. The maximum Gasteiger partial charge on any atom is 0.319 e. The molecule has 4 rings (SSSR count). The van der Waals surface area contributed by atoms with E-state index in [1.807, 2.05) is 30.1 Å². The highest BCUT2D eigenvalue weighted by Crippen LogP contribution is 2.33. The van der Waals surface area contributed by atoms with Crippen LogP contribution in [0, 0.1) is 0 Å². The fourth-order valence-electron chi connectivity index (χ4n) is 3.42. The Morgan fingerprint density at radius 2 is 2.08 bits per heavy atom. The molecule has 0 radical (unpaired) electrons. The maximum absolute atomic E-state index is 12.4. The second-order valence-electron chi connectivity index (χ2n) is 6.43. The van der Waals surface area contributed by atoms with Gasteiger partial charge < -0.3 is 20.1 Å². The molecule has 2 heterocycles. The third-order valence-corrected chi connectivity index (χ3v) is 4.69. The molecule has 1 aliphatic carbocycles. The molecule has 25 heavy (non-hydrogen) atoms. The van der Waals surface area contributed by atoms with E-state index in [0.717, 1.165) is 37.0 Å². The van der Waals surface area contributed by atoms with Crippen molar-refractivity contribution in [2.24, 2.45) is 7.05 Å². The summed E-state index contributed by atoms with van der Waals surface area (Å²) in [5.41, 5.74) is 3.00. The van der Waals surface area contributed by atoms with Gasteiger partial charge in [0.25, 0.3) is 0 Å². The van der Waals surface area contributed by atoms with Crippen molar-refractivity contribution < 1.29 is 14.3 Å². The number of nitrogens with one attached hydrogen (secondary N) is 2. The summed E-state index contributed by atoms with van der Waals surface area (Å²) in [6.07, 6.45) is 5.68. The van der Waals surface area contributed by atoms with Crippen molar-refractivity contribution in [1.29, 1.82) is 0 Å². The molecule has 7 nitrogen and oxygen atoms in total. The summed E-state index contributed by atoms with van der Waals surface area (Å²) < 4.78 is 13.2. The first kappa shape index (κ1) is 15.8. The normalized spacial score (nSPS) is 18.8. The minimum Gasteiger partial charge on any atom is -0.490 e. The number of aromatic nitrogens is 2. The molecule has 132 valence electrons. The van der Waals surface area contributed by atoms with Crippen molar-refractivity contribution in [1.82, 2.24) is 15.1 Å². The zero-order chi connectivity index (χ0) is 17.2. The molecule has 1 aromatic heterocycles. The number of fused-ring (bicyclic) bond motifs is 2. The quantitative estimate of drug-likeness (QED) is 0.880. The van der Waals surface area contributed by atoms with Crippen molar-refractivity contribution in [3.8, 4) is 11.5 Å². The topological polar surface area (TPSA) is 77.4 Å². The zero-order valence-corrected chi connectivity index (χ0v) is 14.2. The molecule has 2 aromatic rings. The van der Waals surface area contributed by atoms with Gasteiger partial charge in [-0.2, -0.15) is 5.10 Å². The molecule has 0 fully saturated rings. The van der Waals surface area contributed by atoms with Crippen molar-refractivity contribution in [2.45, 2.75) is 31.7 Å². The monoisotopic (exact) mass is 342 g/mol. The van der Waals surface area contributed by atoms with Crippen LogP contribution in [0.4, 0.5) is 10.5 Å². The van der Waals surface area contributed by atoms with Crippen molar-refractivity contribution >= 4 is 11.7 Å². The molecule has 0 saturated carbocycles. The SMILES string of the molecule is Cn1ncc2c1CCCC2NC(=O)Nc1ccc2c(c1)OCCCO2. The number of ether oxygens (including phenoxy) is 2. The summed E-state index contributed by atoms with van der Waals surface area (Å²) in [5, 5.41) is 10.2. The van der Waals surface area contributed by atoms with Gasteiger partial charge in [-0.3, -0.25) is 4.68 Å². The molecule has 2 amide bonds. The maximum atomic E-state index is 12.4. The number of benzene rings is 1.